The fraction of sp³-hybridized carbons (Fsp3) is 0.600. The van der Waals surface area contributed by atoms with Crippen molar-refractivity contribution >= 4 is 12.0 Å². The summed E-state index contributed by atoms with van der Waals surface area (Å²) >= 11 is 0. The standard InChI is InChI=1S/C10H15NO3/c1-3-4-5-6-7-9(11-8-12)10(13)14-2/h7H,3-6H2,1-2H3/b9-7+. The molecule has 0 aromatic heterocycles. The smallest absolute Gasteiger partial charge is 0.357 e. The van der Waals surface area contributed by atoms with E-state index in [0.29, 0.717) is 0 Å². The number of aliphatic imine (C=N–C) groups is 1. The minimum Gasteiger partial charge on any atom is -0.464 e. The first-order valence-corrected chi connectivity index (χ1v) is 4.62. The third kappa shape index (κ3) is 5.27. The van der Waals surface area contributed by atoms with E-state index in [0.717, 1.165) is 25.7 Å². The van der Waals surface area contributed by atoms with E-state index in [-0.39, 0.29) is 5.70 Å². The molecule has 0 heterocycles. The normalized spacial score (nSPS) is 10.6. The van der Waals surface area contributed by atoms with Crippen LogP contribution in [0.1, 0.15) is 32.6 Å². The molecule has 0 saturated carbocycles. The molecule has 0 aromatic rings. The number of esters is 1. The molecule has 0 spiro atoms. The van der Waals surface area contributed by atoms with E-state index in [2.05, 4.69) is 16.7 Å². The van der Waals surface area contributed by atoms with Crippen LogP contribution < -0.4 is 0 Å². The molecular weight excluding hydrogens is 182 g/mol. The van der Waals surface area contributed by atoms with E-state index < -0.39 is 5.97 Å². The lowest BCUT2D eigenvalue weighted by Crippen LogP contribution is -2.02. The summed E-state index contributed by atoms with van der Waals surface area (Å²) in [6, 6.07) is 0. The van der Waals surface area contributed by atoms with Gasteiger partial charge < -0.3 is 4.74 Å². The van der Waals surface area contributed by atoms with Gasteiger partial charge in [0.05, 0.1) is 7.11 Å². The van der Waals surface area contributed by atoms with Crippen LogP contribution in [0.4, 0.5) is 0 Å². The molecule has 78 valence electrons. The predicted molar refractivity (Wildman–Crippen MR) is 52.4 cm³/mol. The molecule has 0 aliphatic carbocycles. The number of allylic oxidation sites excluding steroid dienone is 1. The van der Waals surface area contributed by atoms with Crippen molar-refractivity contribution in [2.45, 2.75) is 32.6 Å². The molecule has 0 radical (unpaired) electrons. The minimum absolute atomic E-state index is 0.0404. The van der Waals surface area contributed by atoms with Crippen LogP contribution in [0.25, 0.3) is 0 Å². The van der Waals surface area contributed by atoms with Crippen LogP contribution in [-0.4, -0.2) is 19.2 Å². The summed E-state index contributed by atoms with van der Waals surface area (Å²) in [7, 11) is 1.25. The molecule has 0 bridgehead atoms. The van der Waals surface area contributed by atoms with Gasteiger partial charge in [0.15, 0.2) is 5.70 Å². The Labute approximate surface area is 83.7 Å². The highest BCUT2D eigenvalue weighted by Gasteiger charge is 2.06. The fourth-order valence-corrected chi connectivity index (χ4v) is 0.961. The summed E-state index contributed by atoms with van der Waals surface area (Å²) in [5.41, 5.74) is 0.0404. The maximum atomic E-state index is 11.0. The van der Waals surface area contributed by atoms with Crippen molar-refractivity contribution < 1.29 is 14.3 Å². The number of ether oxygens (including phenoxy) is 1. The summed E-state index contributed by atoms with van der Waals surface area (Å²) in [6.45, 7) is 2.09. The Morgan fingerprint density at radius 1 is 1.50 bits per heavy atom. The second kappa shape index (κ2) is 8.20. The summed E-state index contributed by atoms with van der Waals surface area (Å²) < 4.78 is 4.44. The molecule has 0 aliphatic heterocycles. The van der Waals surface area contributed by atoms with E-state index in [4.69, 9.17) is 0 Å². The first-order chi connectivity index (χ1) is 6.76. The Morgan fingerprint density at radius 2 is 2.21 bits per heavy atom. The molecule has 0 aliphatic rings. The summed E-state index contributed by atoms with van der Waals surface area (Å²) in [5.74, 6) is -0.593. The van der Waals surface area contributed by atoms with Gasteiger partial charge in [-0.3, -0.25) is 0 Å². The maximum absolute atomic E-state index is 11.0. The number of hydrogen-bond acceptors (Lipinski definition) is 4. The average Bonchev–Trinajstić information content (AvgIpc) is 2.21. The zero-order valence-electron chi connectivity index (χ0n) is 8.58. The number of hydrogen-bond donors (Lipinski definition) is 0. The van der Waals surface area contributed by atoms with Crippen molar-refractivity contribution in [3.63, 3.8) is 0 Å². The largest absolute Gasteiger partial charge is 0.464 e. The van der Waals surface area contributed by atoms with E-state index in [1.807, 2.05) is 0 Å². The van der Waals surface area contributed by atoms with Crippen molar-refractivity contribution in [3.05, 3.63) is 11.8 Å². The lowest BCUT2D eigenvalue weighted by atomic mass is 10.2. The number of nitrogens with zero attached hydrogens (tertiary/aromatic N) is 1. The summed E-state index contributed by atoms with van der Waals surface area (Å²) in [6.07, 6.45) is 6.84. The number of isocyanates is 1. The molecule has 0 aromatic carbocycles. The summed E-state index contributed by atoms with van der Waals surface area (Å²) in [4.78, 5) is 24.3. The first kappa shape index (κ1) is 12.6. The molecule has 0 fully saturated rings. The second-order valence-corrected chi connectivity index (χ2v) is 2.78. The molecule has 0 atom stereocenters. The first-order valence-electron chi connectivity index (χ1n) is 4.62. The molecule has 0 saturated heterocycles. The molecule has 0 amide bonds. The van der Waals surface area contributed by atoms with Gasteiger partial charge in [0.1, 0.15) is 0 Å². The van der Waals surface area contributed by atoms with Gasteiger partial charge in [-0.25, -0.2) is 9.59 Å². The lowest BCUT2D eigenvalue weighted by Gasteiger charge is -1.97. The van der Waals surface area contributed by atoms with Gasteiger partial charge in [-0.2, -0.15) is 4.99 Å². The van der Waals surface area contributed by atoms with E-state index in [1.165, 1.54) is 13.2 Å². The molecule has 0 unspecified atom stereocenters. The van der Waals surface area contributed by atoms with Crippen LogP contribution in [0.3, 0.4) is 0 Å². The van der Waals surface area contributed by atoms with E-state index >= 15 is 0 Å². The number of rotatable bonds is 6. The zero-order valence-corrected chi connectivity index (χ0v) is 8.58. The average molecular weight is 197 g/mol. The van der Waals surface area contributed by atoms with Gasteiger partial charge in [-0.15, -0.1) is 0 Å². The summed E-state index contributed by atoms with van der Waals surface area (Å²) in [5, 5.41) is 0. The fourth-order valence-electron chi connectivity index (χ4n) is 0.961. The van der Waals surface area contributed by atoms with Gasteiger partial charge in [-0.1, -0.05) is 25.8 Å². The van der Waals surface area contributed by atoms with Crippen molar-refractivity contribution in [1.82, 2.24) is 0 Å². The Balaban J connectivity index is 4.19. The monoisotopic (exact) mass is 197 g/mol. The van der Waals surface area contributed by atoms with Crippen LogP contribution in [-0.2, 0) is 14.3 Å². The minimum atomic E-state index is -0.593. The third-order valence-electron chi connectivity index (χ3n) is 1.71. The van der Waals surface area contributed by atoms with Gasteiger partial charge in [0.2, 0.25) is 6.08 Å². The van der Waals surface area contributed by atoms with Crippen LogP contribution in [0.5, 0.6) is 0 Å². The predicted octanol–water partition coefficient (Wildman–Crippen LogP) is 1.96. The van der Waals surface area contributed by atoms with Gasteiger partial charge in [0.25, 0.3) is 0 Å². The number of carbonyl (C=O) groups excluding carboxylic acids is 2. The molecule has 0 N–H and O–H groups in total. The molecular formula is C10H15NO3. The van der Waals surface area contributed by atoms with Crippen LogP contribution >= 0.6 is 0 Å². The molecule has 4 nitrogen and oxygen atoms in total. The van der Waals surface area contributed by atoms with Crippen molar-refractivity contribution in [2.75, 3.05) is 7.11 Å². The van der Waals surface area contributed by atoms with Crippen molar-refractivity contribution in [2.24, 2.45) is 4.99 Å². The number of carbonyl (C=O) groups is 1. The third-order valence-corrected chi connectivity index (χ3v) is 1.71. The number of unbranched alkanes of at least 4 members (excludes halogenated alkanes) is 3. The highest BCUT2D eigenvalue weighted by molar-refractivity contribution is 5.88. The molecule has 4 heteroatoms. The van der Waals surface area contributed by atoms with Gasteiger partial charge in [-0.05, 0) is 12.8 Å². The maximum Gasteiger partial charge on any atom is 0.357 e. The van der Waals surface area contributed by atoms with E-state index in [9.17, 15) is 9.59 Å². The van der Waals surface area contributed by atoms with Gasteiger partial charge in [0, 0.05) is 0 Å². The number of methoxy groups -OCH3 is 1. The topological polar surface area (TPSA) is 55.7 Å². The Hall–Kier alpha value is -1.41. The lowest BCUT2D eigenvalue weighted by molar-refractivity contribution is -0.136. The van der Waals surface area contributed by atoms with Crippen LogP contribution in [0, 0.1) is 0 Å². The second-order valence-electron chi connectivity index (χ2n) is 2.78. The molecule has 14 heavy (non-hydrogen) atoms. The Morgan fingerprint density at radius 3 is 2.71 bits per heavy atom. The van der Waals surface area contributed by atoms with Crippen molar-refractivity contribution in [3.8, 4) is 0 Å². The highest BCUT2D eigenvalue weighted by atomic mass is 16.5. The quantitative estimate of drug-likeness (QED) is 0.215. The Kier molecular flexibility index (Phi) is 7.37. The highest BCUT2D eigenvalue weighted by Crippen LogP contribution is 2.05. The van der Waals surface area contributed by atoms with Gasteiger partial charge >= 0.3 is 5.97 Å². The Bertz CT molecular complexity index is 252. The van der Waals surface area contributed by atoms with E-state index in [1.54, 1.807) is 6.08 Å². The van der Waals surface area contributed by atoms with Crippen LogP contribution in [0.15, 0.2) is 16.8 Å². The SMILES string of the molecule is CCCCC/C=C(/N=C=O)C(=O)OC. The van der Waals surface area contributed by atoms with Crippen molar-refractivity contribution in [1.29, 1.82) is 0 Å². The van der Waals surface area contributed by atoms with Crippen LogP contribution in [0.2, 0.25) is 0 Å². The zero-order chi connectivity index (χ0) is 10.8. The molecule has 0 rings (SSSR count).